The van der Waals surface area contributed by atoms with Crippen molar-refractivity contribution in [3.8, 4) is 0 Å². The predicted molar refractivity (Wildman–Crippen MR) is 89.1 cm³/mol. The summed E-state index contributed by atoms with van der Waals surface area (Å²) in [5.41, 5.74) is 5.92. The fourth-order valence-corrected chi connectivity index (χ4v) is 1.72. The maximum atomic E-state index is 11.8. The van der Waals surface area contributed by atoms with E-state index in [-0.39, 0.29) is 25.5 Å². The van der Waals surface area contributed by atoms with Gasteiger partial charge in [-0.25, -0.2) is 4.58 Å². The van der Waals surface area contributed by atoms with Crippen LogP contribution in [0.5, 0.6) is 0 Å². The Morgan fingerprint density at radius 1 is 1.38 bits per heavy atom. The number of carbonyl (C=O) groups is 2. The Kier molecular flexibility index (Phi) is 6.89. The molecule has 0 aromatic heterocycles. The zero-order chi connectivity index (χ0) is 18.3. The Balaban J connectivity index is 2.46. The van der Waals surface area contributed by atoms with Gasteiger partial charge in [0.2, 0.25) is 11.8 Å². The Bertz CT molecular complexity index is 663. The summed E-state index contributed by atoms with van der Waals surface area (Å²) in [6.07, 6.45) is 2.12. The average Bonchev–Trinajstić information content (AvgIpc) is 2.54. The van der Waals surface area contributed by atoms with Crippen molar-refractivity contribution in [1.29, 1.82) is 0 Å². The van der Waals surface area contributed by atoms with Gasteiger partial charge in [-0.3, -0.25) is 9.59 Å². The number of nitrogens with one attached hydrogen (secondary N) is 2. The molecule has 1 rings (SSSR count). The lowest BCUT2D eigenvalue weighted by atomic mass is 9.87. The normalized spacial score (nSPS) is 14.5. The minimum Gasteiger partial charge on any atom is -0.396 e. The molecule has 130 valence electrons. The van der Waals surface area contributed by atoms with Crippen molar-refractivity contribution >= 4 is 18.5 Å². The van der Waals surface area contributed by atoms with E-state index in [1.807, 2.05) is 0 Å². The second-order valence-corrected chi connectivity index (χ2v) is 6.22. The predicted octanol–water partition coefficient (Wildman–Crippen LogP) is -0.577. The Morgan fingerprint density at radius 3 is 2.54 bits per heavy atom. The first-order valence-electron chi connectivity index (χ1n) is 7.52. The number of hydrogen-bond donors (Lipinski definition) is 4. The van der Waals surface area contributed by atoms with E-state index in [2.05, 4.69) is 28.8 Å². The van der Waals surface area contributed by atoms with Gasteiger partial charge in [-0.1, -0.05) is 13.8 Å². The molecule has 0 aromatic carbocycles. The molecule has 0 bridgehead atoms. The minimum absolute atomic E-state index is 0.0445. The summed E-state index contributed by atoms with van der Waals surface area (Å²) in [7, 11) is 1.77. The lowest BCUT2D eigenvalue weighted by Gasteiger charge is -2.27. The maximum Gasteiger partial charge on any atom is 0.256 e. The molecule has 7 nitrogen and oxygen atoms in total. The molecular formula is C17H24N3O4+. The van der Waals surface area contributed by atoms with Gasteiger partial charge < -0.3 is 20.8 Å². The zero-order valence-corrected chi connectivity index (χ0v) is 14.2. The van der Waals surface area contributed by atoms with Crippen molar-refractivity contribution in [3.05, 3.63) is 35.0 Å². The number of carbonyl (C=O) groups excluding carboxylic acids is 2. The fourth-order valence-electron chi connectivity index (χ4n) is 1.72. The molecule has 2 amide bonds. The van der Waals surface area contributed by atoms with Gasteiger partial charge in [-0.05, 0) is 11.8 Å². The van der Waals surface area contributed by atoms with Gasteiger partial charge in [-0.2, -0.15) is 0 Å². The third kappa shape index (κ3) is 5.65. The van der Waals surface area contributed by atoms with E-state index in [0.717, 1.165) is 5.70 Å². The number of nitrogens with zero attached hydrogens (tertiary/aromatic N) is 1. The quantitative estimate of drug-likeness (QED) is 0.271. The second-order valence-electron chi connectivity index (χ2n) is 6.22. The first kappa shape index (κ1) is 19.6. The van der Waals surface area contributed by atoms with Crippen LogP contribution in [0.25, 0.3) is 0 Å². The van der Waals surface area contributed by atoms with Crippen molar-refractivity contribution in [1.82, 2.24) is 10.6 Å². The summed E-state index contributed by atoms with van der Waals surface area (Å²) < 4.78 is 1.62. The summed E-state index contributed by atoms with van der Waals surface area (Å²) in [5.74, 6) is -0.920. The number of aliphatic hydroxyl groups excluding tert-OH is 2. The molecule has 0 fully saturated rings. The van der Waals surface area contributed by atoms with E-state index in [1.54, 1.807) is 37.6 Å². The number of rotatable bonds is 8. The highest BCUT2D eigenvalue weighted by Crippen LogP contribution is 2.19. The lowest BCUT2D eigenvalue weighted by molar-refractivity contribution is -0.428. The molecule has 0 heterocycles. The van der Waals surface area contributed by atoms with Crippen LogP contribution in [0.4, 0.5) is 0 Å². The lowest BCUT2D eigenvalue weighted by Crippen LogP contribution is -2.46. The van der Waals surface area contributed by atoms with Crippen LogP contribution in [0.15, 0.2) is 35.0 Å². The van der Waals surface area contributed by atoms with Crippen LogP contribution in [0.2, 0.25) is 0 Å². The third-order valence-electron chi connectivity index (χ3n) is 3.47. The van der Waals surface area contributed by atoms with E-state index in [9.17, 15) is 14.7 Å². The first-order valence-corrected chi connectivity index (χ1v) is 7.52. The van der Waals surface area contributed by atoms with Gasteiger partial charge in [0.1, 0.15) is 19.9 Å². The average molecular weight is 334 g/mol. The van der Waals surface area contributed by atoms with Crippen LogP contribution in [0.3, 0.4) is 0 Å². The van der Waals surface area contributed by atoms with Gasteiger partial charge in [0.25, 0.3) is 5.70 Å². The van der Waals surface area contributed by atoms with Crippen LogP contribution < -0.4 is 10.6 Å². The molecule has 0 saturated carbocycles. The van der Waals surface area contributed by atoms with E-state index in [1.165, 1.54) is 0 Å². The molecule has 0 aromatic rings. The monoisotopic (exact) mass is 334 g/mol. The molecule has 24 heavy (non-hydrogen) atoms. The highest BCUT2D eigenvalue weighted by Gasteiger charge is 2.32. The molecule has 1 atom stereocenters. The molecule has 7 heteroatoms. The second kappa shape index (κ2) is 8.43. The van der Waals surface area contributed by atoms with Gasteiger partial charge >= 0.3 is 0 Å². The van der Waals surface area contributed by atoms with Crippen molar-refractivity contribution in [2.75, 3.05) is 20.2 Å². The summed E-state index contributed by atoms with van der Waals surface area (Å²) in [5, 5.41) is 24.1. The number of hydrogen-bond acceptors (Lipinski definition) is 4. The van der Waals surface area contributed by atoms with Crippen LogP contribution in [0.1, 0.15) is 20.3 Å². The third-order valence-corrected chi connectivity index (χ3v) is 3.47. The molecule has 0 aliphatic heterocycles. The van der Waals surface area contributed by atoms with Gasteiger partial charge in [0.05, 0.1) is 12.3 Å². The van der Waals surface area contributed by atoms with Gasteiger partial charge in [0, 0.05) is 30.2 Å². The standard InChI is InChI=1S/C17H23N3O4/c1-17(2,11-21)15(23)16(24)18-10-9-14(22)19-12-5-7-13(8-6-12)20(3)4/h5,7,15,21,23H,3,9-11H2,1-2,4H3,(H-,18,19,22,24)/p+1. The van der Waals surface area contributed by atoms with E-state index >= 15 is 0 Å². The molecule has 0 saturated heterocycles. The van der Waals surface area contributed by atoms with Crippen molar-refractivity contribution in [3.63, 3.8) is 0 Å². The number of likely N-dealkylation sites (N-methyl/N-ethyl adjacent to an activating group) is 1. The summed E-state index contributed by atoms with van der Waals surface area (Å²) in [6, 6.07) is 0. The molecule has 1 aliphatic carbocycles. The molecular weight excluding hydrogens is 310 g/mol. The van der Waals surface area contributed by atoms with Gasteiger partial charge in [0.15, 0.2) is 0 Å². The topological polar surface area (TPSA) is 102 Å². The number of allylic oxidation sites excluding steroid dienone is 2. The molecule has 4 N–H and O–H groups in total. The van der Waals surface area contributed by atoms with Crippen molar-refractivity contribution in [2.45, 2.75) is 26.4 Å². The maximum absolute atomic E-state index is 11.8. The highest BCUT2D eigenvalue weighted by atomic mass is 16.3. The van der Waals surface area contributed by atoms with Gasteiger partial charge in [-0.15, -0.1) is 0 Å². The Hall–Kier alpha value is -2.43. The summed E-state index contributed by atoms with van der Waals surface area (Å²) >= 11 is 0. The fraction of sp³-hybridized carbons (Fsp3) is 0.471. The summed E-state index contributed by atoms with van der Waals surface area (Å²) in [4.78, 5) is 23.6. The summed E-state index contributed by atoms with van der Waals surface area (Å²) in [6.45, 7) is 6.61. The van der Waals surface area contributed by atoms with E-state index < -0.39 is 17.4 Å². The molecule has 0 radical (unpaired) electrons. The first-order chi connectivity index (χ1) is 11.2. The molecule has 0 spiro atoms. The zero-order valence-electron chi connectivity index (χ0n) is 14.2. The van der Waals surface area contributed by atoms with E-state index in [4.69, 9.17) is 5.11 Å². The molecule has 1 unspecified atom stereocenters. The number of aliphatic hydroxyl groups is 2. The van der Waals surface area contributed by atoms with Crippen LogP contribution >= 0.6 is 0 Å². The Labute approximate surface area is 141 Å². The smallest absolute Gasteiger partial charge is 0.256 e. The van der Waals surface area contributed by atoms with Crippen LogP contribution in [-0.2, 0) is 9.59 Å². The largest absolute Gasteiger partial charge is 0.396 e. The SMILES string of the molecule is C=[N+](C)C1=C=C=C(NC(=O)CCNC(=O)C(O)C(C)(C)CO)C=C1. The van der Waals surface area contributed by atoms with Crippen molar-refractivity contribution < 1.29 is 24.4 Å². The Morgan fingerprint density at radius 2 is 2.04 bits per heavy atom. The van der Waals surface area contributed by atoms with E-state index in [0.29, 0.717) is 5.70 Å². The van der Waals surface area contributed by atoms with Crippen molar-refractivity contribution in [2.24, 2.45) is 5.41 Å². The highest BCUT2D eigenvalue weighted by molar-refractivity contribution is 5.83. The van der Waals surface area contributed by atoms with Crippen LogP contribution in [-0.4, -0.2) is 59.6 Å². The minimum atomic E-state index is -1.35. The molecule has 1 aliphatic rings. The number of amides is 2. The van der Waals surface area contributed by atoms with Crippen LogP contribution in [0, 0.1) is 5.41 Å².